The van der Waals surface area contributed by atoms with Crippen LogP contribution >= 0.6 is 15.9 Å². The number of hydrogen-bond acceptors (Lipinski definition) is 3. The number of nitrogen functional groups attached to an aromatic ring is 1. The summed E-state index contributed by atoms with van der Waals surface area (Å²) in [6.45, 7) is 1.90. The lowest BCUT2D eigenvalue weighted by Gasteiger charge is -1.99. The van der Waals surface area contributed by atoms with Crippen molar-refractivity contribution in [1.82, 2.24) is 14.6 Å². The van der Waals surface area contributed by atoms with Gasteiger partial charge in [0.2, 0.25) is 0 Å². The zero-order valence-electron chi connectivity index (χ0n) is 6.45. The Morgan fingerprint density at radius 3 is 3.08 bits per heavy atom. The van der Waals surface area contributed by atoms with E-state index in [1.807, 2.05) is 6.92 Å². The molecule has 0 aliphatic rings. The highest BCUT2D eigenvalue weighted by Crippen LogP contribution is 2.17. The fourth-order valence-corrected chi connectivity index (χ4v) is 1.43. The van der Waals surface area contributed by atoms with Gasteiger partial charge in [-0.2, -0.15) is 9.61 Å². The average Bonchev–Trinajstić information content (AvgIpc) is 2.33. The van der Waals surface area contributed by atoms with Crippen LogP contribution in [0.1, 0.15) is 5.69 Å². The highest BCUT2D eigenvalue weighted by atomic mass is 79.9. The number of nitrogens with zero attached hydrogens (tertiary/aromatic N) is 3. The molecular weight excluding hydrogens is 220 g/mol. The third-order valence-electron chi connectivity index (χ3n) is 1.58. The molecule has 0 bridgehead atoms. The van der Waals surface area contributed by atoms with Crippen molar-refractivity contribution in [3.8, 4) is 0 Å². The molecule has 0 aliphatic carbocycles. The number of rotatable bonds is 0. The maximum atomic E-state index is 5.71. The van der Waals surface area contributed by atoms with Gasteiger partial charge in [0.1, 0.15) is 5.82 Å². The molecule has 4 nitrogen and oxygen atoms in total. The minimum Gasteiger partial charge on any atom is -0.384 e. The molecule has 0 atom stereocenters. The molecule has 0 fully saturated rings. The van der Waals surface area contributed by atoms with Crippen LogP contribution in [0.4, 0.5) is 5.82 Å². The second-order valence-electron chi connectivity index (χ2n) is 2.55. The lowest BCUT2D eigenvalue weighted by molar-refractivity contribution is 0.942. The van der Waals surface area contributed by atoms with Crippen LogP contribution in [0.25, 0.3) is 5.65 Å². The Morgan fingerprint density at radius 1 is 1.58 bits per heavy atom. The molecule has 0 unspecified atom stereocenters. The van der Waals surface area contributed by atoms with Crippen LogP contribution in [-0.4, -0.2) is 14.6 Å². The molecule has 12 heavy (non-hydrogen) atoms. The maximum Gasteiger partial charge on any atom is 0.171 e. The van der Waals surface area contributed by atoms with Gasteiger partial charge >= 0.3 is 0 Å². The van der Waals surface area contributed by atoms with Crippen LogP contribution in [-0.2, 0) is 0 Å². The Labute approximate surface area is 77.5 Å². The van der Waals surface area contributed by atoms with E-state index >= 15 is 0 Å². The zero-order valence-corrected chi connectivity index (χ0v) is 8.04. The van der Waals surface area contributed by atoms with Crippen LogP contribution in [0.3, 0.4) is 0 Å². The van der Waals surface area contributed by atoms with Crippen molar-refractivity contribution in [2.24, 2.45) is 0 Å². The number of hydrogen-bond donors (Lipinski definition) is 1. The first-order chi connectivity index (χ1) is 5.68. The molecular formula is C7H7BrN4. The summed E-state index contributed by atoms with van der Waals surface area (Å²) < 4.78 is 2.45. The summed E-state index contributed by atoms with van der Waals surface area (Å²) in [5.74, 6) is 0.600. The zero-order chi connectivity index (χ0) is 8.72. The van der Waals surface area contributed by atoms with Crippen LogP contribution in [0.5, 0.6) is 0 Å². The van der Waals surface area contributed by atoms with Crippen LogP contribution in [0.15, 0.2) is 16.7 Å². The topological polar surface area (TPSA) is 56.2 Å². The fourth-order valence-electron chi connectivity index (χ4n) is 1.09. The van der Waals surface area contributed by atoms with E-state index in [0.717, 1.165) is 15.8 Å². The van der Waals surface area contributed by atoms with Crippen molar-refractivity contribution in [2.75, 3.05) is 5.73 Å². The largest absolute Gasteiger partial charge is 0.384 e. The smallest absolute Gasteiger partial charge is 0.171 e. The normalized spacial score (nSPS) is 10.8. The SMILES string of the molecule is Cc1cc(N)n2ncc(Br)c2n1. The molecule has 5 heteroatoms. The summed E-state index contributed by atoms with van der Waals surface area (Å²) >= 11 is 3.33. The Kier molecular flexibility index (Phi) is 1.54. The Morgan fingerprint density at radius 2 is 2.33 bits per heavy atom. The molecule has 2 aromatic rings. The van der Waals surface area contributed by atoms with Crippen molar-refractivity contribution in [1.29, 1.82) is 0 Å². The number of halogens is 1. The molecule has 0 spiro atoms. The highest BCUT2D eigenvalue weighted by Gasteiger charge is 2.04. The third-order valence-corrected chi connectivity index (χ3v) is 2.14. The van der Waals surface area contributed by atoms with Gasteiger partial charge in [-0.15, -0.1) is 0 Å². The summed E-state index contributed by atoms with van der Waals surface area (Å²) in [7, 11) is 0. The van der Waals surface area contributed by atoms with Gasteiger partial charge in [0.25, 0.3) is 0 Å². The van der Waals surface area contributed by atoms with Gasteiger partial charge in [-0.1, -0.05) is 0 Å². The van der Waals surface area contributed by atoms with E-state index < -0.39 is 0 Å². The van der Waals surface area contributed by atoms with E-state index in [1.165, 1.54) is 0 Å². The molecule has 2 rings (SSSR count). The lowest BCUT2D eigenvalue weighted by atomic mass is 10.4. The summed E-state index contributed by atoms with van der Waals surface area (Å²) in [6.07, 6.45) is 1.68. The van der Waals surface area contributed by atoms with Crippen molar-refractivity contribution in [2.45, 2.75) is 6.92 Å². The van der Waals surface area contributed by atoms with Crippen LogP contribution in [0.2, 0.25) is 0 Å². The predicted octanol–water partition coefficient (Wildman–Crippen LogP) is 1.38. The molecule has 2 heterocycles. The Bertz CT molecular complexity index is 434. The summed E-state index contributed by atoms with van der Waals surface area (Å²) in [6, 6.07) is 1.78. The average molecular weight is 227 g/mol. The number of aromatic nitrogens is 3. The molecule has 0 saturated carbocycles. The van der Waals surface area contributed by atoms with Crippen molar-refractivity contribution in [3.63, 3.8) is 0 Å². The van der Waals surface area contributed by atoms with Crippen LogP contribution < -0.4 is 5.73 Å². The molecule has 0 aromatic carbocycles. The van der Waals surface area contributed by atoms with Gasteiger partial charge in [0.05, 0.1) is 10.7 Å². The first kappa shape index (κ1) is 7.54. The minimum absolute atomic E-state index is 0.600. The van der Waals surface area contributed by atoms with Gasteiger partial charge in [0.15, 0.2) is 5.65 Å². The third kappa shape index (κ3) is 0.972. The molecule has 0 amide bonds. The predicted molar refractivity (Wildman–Crippen MR) is 49.8 cm³/mol. The van der Waals surface area contributed by atoms with Gasteiger partial charge in [0, 0.05) is 11.8 Å². The van der Waals surface area contributed by atoms with E-state index in [-0.39, 0.29) is 0 Å². The second kappa shape index (κ2) is 2.45. The molecule has 2 N–H and O–H groups in total. The van der Waals surface area contributed by atoms with Crippen molar-refractivity contribution < 1.29 is 0 Å². The minimum atomic E-state index is 0.600. The Balaban J connectivity index is 2.92. The summed E-state index contributed by atoms with van der Waals surface area (Å²) in [4.78, 5) is 4.27. The van der Waals surface area contributed by atoms with E-state index in [1.54, 1.807) is 16.8 Å². The van der Waals surface area contributed by atoms with Gasteiger partial charge in [-0.3, -0.25) is 0 Å². The number of fused-ring (bicyclic) bond motifs is 1. The van der Waals surface area contributed by atoms with Crippen molar-refractivity contribution >= 4 is 27.4 Å². The highest BCUT2D eigenvalue weighted by molar-refractivity contribution is 9.10. The molecule has 0 aliphatic heterocycles. The summed E-state index contributed by atoms with van der Waals surface area (Å²) in [5.41, 5.74) is 7.36. The number of aryl methyl sites for hydroxylation is 1. The van der Waals surface area contributed by atoms with Crippen LogP contribution in [0, 0.1) is 6.92 Å². The van der Waals surface area contributed by atoms with E-state index in [4.69, 9.17) is 5.73 Å². The number of anilines is 1. The van der Waals surface area contributed by atoms with Gasteiger partial charge < -0.3 is 5.73 Å². The fraction of sp³-hybridized carbons (Fsp3) is 0.143. The van der Waals surface area contributed by atoms with E-state index in [2.05, 4.69) is 26.0 Å². The monoisotopic (exact) mass is 226 g/mol. The van der Waals surface area contributed by atoms with E-state index in [0.29, 0.717) is 5.82 Å². The molecule has 0 saturated heterocycles. The quantitative estimate of drug-likeness (QED) is 0.739. The van der Waals surface area contributed by atoms with Crippen molar-refractivity contribution in [3.05, 3.63) is 22.4 Å². The Hall–Kier alpha value is -1.10. The van der Waals surface area contributed by atoms with Gasteiger partial charge in [-0.05, 0) is 22.9 Å². The first-order valence-corrected chi connectivity index (χ1v) is 4.24. The molecule has 0 radical (unpaired) electrons. The maximum absolute atomic E-state index is 5.71. The van der Waals surface area contributed by atoms with E-state index in [9.17, 15) is 0 Å². The first-order valence-electron chi connectivity index (χ1n) is 3.45. The standard InChI is InChI=1S/C7H7BrN4/c1-4-2-6(9)12-7(11-4)5(8)3-10-12/h2-3H,9H2,1H3. The second-order valence-corrected chi connectivity index (χ2v) is 3.40. The van der Waals surface area contributed by atoms with Gasteiger partial charge in [-0.25, -0.2) is 4.98 Å². The summed E-state index contributed by atoms with van der Waals surface area (Å²) in [5, 5.41) is 4.04. The lowest BCUT2D eigenvalue weighted by Crippen LogP contribution is -2.00. The molecule has 62 valence electrons. The molecule has 2 aromatic heterocycles. The number of nitrogens with two attached hydrogens (primary N) is 1.